The molecule has 2 N–H and O–H groups in total. The highest BCUT2D eigenvalue weighted by Gasteiger charge is 2.08. The smallest absolute Gasteiger partial charge is 0.166 e. The van der Waals surface area contributed by atoms with Gasteiger partial charge in [-0.3, -0.25) is 0 Å². The molecule has 0 aliphatic rings. The largest absolute Gasteiger partial charge is 0.497 e. The summed E-state index contributed by atoms with van der Waals surface area (Å²) < 4.78 is 15.8. The molecule has 5 nitrogen and oxygen atoms in total. The van der Waals surface area contributed by atoms with Gasteiger partial charge >= 0.3 is 0 Å². The third-order valence-corrected chi connectivity index (χ3v) is 4.37. The molecule has 26 heavy (non-hydrogen) atoms. The van der Waals surface area contributed by atoms with Gasteiger partial charge in [-0.15, -0.1) is 0 Å². The van der Waals surface area contributed by atoms with Crippen LogP contribution in [-0.4, -0.2) is 33.0 Å². The summed E-state index contributed by atoms with van der Waals surface area (Å²) in [6.45, 7) is 2.81. The van der Waals surface area contributed by atoms with E-state index in [-0.39, 0.29) is 6.04 Å². The fraction of sp³-hybridized carbons (Fsp3) is 0.350. The number of nitrogens with one attached hydrogen (secondary N) is 2. The molecular formula is C20H26N2O3S. The average Bonchev–Trinajstić information content (AvgIpc) is 2.67. The predicted molar refractivity (Wildman–Crippen MR) is 108 cm³/mol. The summed E-state index contributed by atoms with van der Waals surface area (Å²) in [6.07, 6.45) is 0.832. The first-order valence-electron chi connectivity index (χ1n) is 8.46. The Morgan fingerprint density at radius 3 is 2.27 bits per heavy atom. The third kappa shape index (κ3) is 5.52. The van der Waals surface area contributed by atoms with Crippen LogP contribution in [0.2, 0.25) is 0 Å². The predicted octanol–water partition coefficient (Wildman–Crippen LogP) is 3.48. The zero-order valence-corrected chi connectivity index (χ0v) is 16.5. The van der Waals surface area contributed by atoms with Crippen molar-refractivity contribution in [1.82, 2.24) is 10.6 Å². The van der Waals surface area contributed by atoms with Gasteiger partial charge in [0.15, 0.2) is 16.6 Å². The summed E-state index contributed by atoms with van der Waals surface area (Å²) in [5, 5.41) is 7.17. The van der Waals surface area contributed by atoms with Crippen molar-refractivity contribution in [3.8, 4) is 17.2 Å². The van der Waals surface area contributed by atoms with Crippen molar-refractivity contribution >= 4 is 17.3 Å². The van der Waals surface area contributed by atoms with E-state index in [9.17, 15) is 0 Å². The molecule has 2 aromatic rings. The van der Waals surface area contributed by atoms with E-state index in [1.165, 1.54) is 0 Å². The highest BCUT2D eigenvalue weighted by atomic mass is 32.1. The van der Waals surface area contributed by atoms with Crippen molar-refractivity contribution in [2.24, 2.45) is 0 Å². The zero-order valence-electron chi connectivity index (χ0n) is 15.7. The lowest BCUT2D eigenvalue weighted by molar-refractivity contribution is 0.354. The first kappa shape index (κ1) is 19.8. The SMILES string of the molecule is COc1ccc(C(C)NC(=S)NCCc2ccc(OC)c(OC)c2)cc1. The van der Waals surface area contributed by atoms with Gasteiger partial charge < -0.3 is 24.8 Å². The molecule has 1 unspecified atom stereocenters. The molecule has 0 saturated carbocycles. The zero-order chi connectivity index (χ0) is 18.9. The highest BCUT2D eigenvalue weighted by Crippen LogP contribution is 2.27. The maximum atomic E-state index is 5.39. The highest BCUT2D eigenvalue weighted by molar-refractivity contribution is 7.80. The minimum Gasteiger partial charge on any atom is -0.497 e. The van der Waals surface area contributed by atoms with E-state index in [0.717, 1.165) is 41.3 Å². The molecule has 140 valence electrons. The van der Waals surface area contributed by atoms with Crippen LogP contribution in [0.15, 0.2) is 42.5 Å². The van der Waals surface area contributed by atoms with E-state index in [1.54, 1.807) is 21.3 Å². The minimum absolute atomic E-state index is 0.113. The molecule has 0 spiro atoms. The van der Waals surface area contributed by atoms with Crippen molar-refractivity contribution in [2.45, 2.75) is 19.4 Å². The van der Waals surface area contributed by atoms with Crippen molar-refractivity contribution in [1.29, 1.82) is 0 Å². The van der Waals surface area contributed by atoms with Crippen LogP contribution in [0.25, 0.3) is 0 Å². The second kappa shape index (κ2) is 9.87. The summed E-state index contributed by atoms with van der Waals surface area (Å²) >= 11 is 5.39. The molecular weight excluding hydrogens is 348 g/mol. The monoisotopic (exact) mass is 374 g/mol. The third-order valence-electron chi connectivity index (χ3n) is 4.11. The van der Waals surface area contributed by atoms with Gasteiger partial charge in [-0.2, -0.15) is 0 Å². The topological polar surface area (TPSA) is 51.8 Å². The molecule has 2 aromatic carbocycles. The summed E-state index contributed by atoms with van der Waals surface area (Å²) in [7, 11) is 4.93. The van der Waals surface area contributed by atoms with Crippen LogP contribution in [-0.2, 0) is 6.42 Å². The molecule has 0 radical (unpaired) electrons. The van der Waals surface area contributed by atoms with Crippen molar-refractivity contribution in [2.75, 3.05) is 27.9 Å². The number of thiocarbonyl (C=S) groups is 1. The van der Waals surface area contributed by atoms with Gasteiger partial charge in [0.05, 0.1) is 27.4 Å². The Morgan fingerprint density at radius 1 is 0.962 bits per heavy atom. The first-order chi connectivity index (χ1) is 12.6. The van der Waals surface area contributed by atoms with Crippen molar-refractivity contribution in [3.63, 3.8) is 0 Å². The number of ether oxygens (including phenoxy) is 3. The number of hydrogen-bond acceptors (Lipinski definition) is 4. The van der Waals surface area contributed by atoms with E-state index >= 15 is 0 Å². The molecule has 2 rings (SSSR count). The van der Waals surface area contributed by atoms with Crippen molar-refractivity contribution < 1.29 is 14.2 Å². The van der Waals surface area contributed by atoms with Gasteiger partial charge in [0.1, 0.15) is 5.75 Å². The second-order valence-corrected chi connectivity index (χ2v) is 6.24. The Morgan fingerprint density at radius 2 is 1.65 bits per heavy atom. The van der Waals surface area contributed by atoms with E-state index < -0.39 is 0 Å². The molecule has 6 heteroatoms. The molecule has 0 aliphatic heterocycles. The van der Waals surface area contributed by atoms with Crippen LogP contribution in [0.4, 0.5) is 0 Å². The lowest BCUT2D eigenvalue weighted by Crippen LogP contribution is -2.37. The molecule has 0 bridgehead atoms. The molecule has 0 aromatic heterocycles. The lowest BCUT2D eigenvalue weighted by Gasteiger charge is -2.18. The van der Waals surface area contributed by atoms with E-state index in [0.29, 0.717) is 5.11 Å². The summed E-state index contributed by atoms with van der Waals surface area (Å²) in [4.78, 5) is 0. The standard InChI is InChI=1S/C20H26N2O3S/c1-14(16-6-8-17(23-2)9-7-16)22-20(26)21-12-11-15-5-10-18(24-3)19(13-15)25-4/h5-10,13-14H,11-12H2,1-4H3,(H2,21,22,26). The van der Waals surface area contributed by atoms with Gasteiger partial charge in [-0.05, 0) is 61.0 Å². The molecule has 0 fully saturated rings. The summed E-state index contributed by atoms with van der Waals surface area (Å²) in [5.74, 6) is 2.31. The lowest BCUT2D eigenvalue weighted by atomic mass is 10.1. The Labute approximate surface area is 160 Å². The number of rotatable bonds is 8. The second-order valence-electron chi connectivity index (χ2n) is 5.83. The van der Waals surface area contributed by atoms with Crippen LogP contribution in [0.1, 0.15) is 24.1 Å². The molecule has 0 saturated heterocycles. The van der Waals surface area contributed by atoms with Crippen LogP contribution in [0.5, 0.6) is 17.2 Å². The fourth-order valence-corrected chi connectivity index (χ4v) is 2.86. The number of methoxy groups -OCH3 is 3. The van der Waals surface area contributed by atoms with E-state index in [4.69, 9.17) is 26.4 Å². The number of benzene rings is 2. The van der Waals surface area contributed by atoms with Crippen LogP contribution < -0.4 is 24.8 Å². The Kier molecular flexibility index (Phi) is 7.53. The minimum atomic E-state index is 0.113. The van der Waals surface area contributed by atoms with Gasteiger partial charge in [-0.1, -0.05) is 18.2 Å². The van der Waals surface area contributed by atoms with Gasteiger partial charge in [0.25, 0.3) is 0 Å². The van der Waals surface area contributed by atoms with Crippen LogP contribution >= 0.6 is 12.2 Å². The van der Waals surface area contributed by atoms with Gasteiger partial charge in [-0.25, -0.2) is 0 Å². The summed E-state index contributed by atoms with van der Waals surface area (Å²) in [5.41, 5.74) is 2.30. The van der Waals surface area contributed by atoms with Gasteiger partial charge in [0, 0.05) is 6.54 Å². The van der Waals surface area contributed by atoms with E-state index in [1.807, 2.05) is 42.5 Å². The normalized spacial score (nSPS) is 11.4. The number of hydrogen-bond donors (Lipinski definition) is 2. The van der Waals surface area contributed by atoms with Crippen LogP contribution in [0, 0.1) is 0 Å². The Hall–Kier alpha value is -2.47. The van der Waals surface area contributed by atoms with E-state index in [2.05, 4.69) is 17.6 Å². The molecule has 0 amide bonds. The molecule has 0 heterocycles. The average molecular weight is 375 g/mol. The first-order valence-corrected chi connectivity index (χ1v) is 8.87. The van der Waals surface area contributed by atoms with Gasteiger partial charge in [0.2, 0.25) is 0 Å². The Bertz CT molecular complexity index is 719. The summed E-state index contributed by atoms with van der Waals surface area (Å²) in [6, 6.07) is 14.0. The maximum absolute atomic E-state index is 5.39. The Balaban J connectivity index is 1.81. The quantitative estimate of drug-likeness (QED) is 0.690. The van der Waals surface area contributed by atoms with Crippen LogP contribution in [0.3, 0.4) is 0 Å². The fourth-order valence-electron chi connectivity index (χ4n) is 2.58. The van der Waals surface area contributed by atoms with Crippen molar-refractivity contribution in [3.05, 3.63) is 53.6 Å². The maximum Gasteiger partial charge on any atom is 0.166 e. The molecule has 0 aliphatic carbocycles. The molecule has 1 atom stereocenters.